The molecule has 1 aromatic carbocycles. The first-order valence-electron chi connectivity index (χ1n) is 8.04. The van der Waals surface area contributed by atoms with E-state index in [0.29, 0.717) is 12.1 Å². The molecule has 0 aromatic heterocycles. The number of thiocarbonyl (C=S) groups is 1. The number of nitrogens with one attached hydrogen (secondary N) is 1. The maximum absolute atomic E-state index is 6.01. The monoisotopic (exact) mass is 339 g/mol. The summed E-state index contributed by atoms with van der Waals surface area (Å²) in [7, 11) is 2.25. The van der Waals surface area contributed by atoms with Gasteiger partial charge in [-0.05, 0) is 63.7 Å². The molecule has 5 heteroatoms. The quantitative estimate of drug-likeness (QED) is 0.827. The van der Waals surface area contributed by atoms with Gasteiger partial charge in [-0.1, -0.05) is 24.6 Å². The minimum Gasteiger partial charge on any atom is -0.349 e. The lowest BCUT2D eigenvalue weighted by molar-refractivity contribution is 0.126. The predicted molar refractivity (Wildman–Crippen MR) is 99.8 cm³/mol. The second-order valence-electron chi connectivity index (χ2n) is 6.08. The summed E-state index contributed by atoms with van der Waals surface area (Å²) in [5.74, 6) is 0. The second kappa shape index (κ2) is 8.14. The van der Waals surface area contributed by atoms with Gasteiger partial charge in [-0.2, -0.15) is 0 Å². The average Bonchev–Trinajstić information content (AvgIpc) is 2.53. The van der Waals surface area contributed by atoms with Gasteiger partial charge in [-0.25, -0.2) is 0 Å². The molecule has 1 saturated heterocycles. The SMILES string of the molecule is CC[C@@H](C)N(C)C1CCN(C(=S)Nc2cccc(Cl)c2)CC1. The zero-order valence-electron chi connectivity index (χ0n) is 13.7. The normalized spacial score (nSPS) is 17.6. The zero-order valence-corrected chi connectivity index (χ0v) is 15.3. The predicted octanol–water partition coefficient (Wildman–Crippen LogP) is 4.23. The molecule has 0 bridgehead atoms. The number of halogens is 1. The lowest BCUT2D eigenvalue weighted by Gasteiger charge is -2.40. The summed E-state index contributed by atoms with van der Waals surface area (Å²) < 4.78 is 0. The fraction of sp³-hybridized carbons (Fsp3) is 0.588. The summed E-state index contributed by atoms with van der Waals surface area (Å²) in [5, 5.41) is 4.81. The Morgan fingerprint density at radius 3 is 2.73 bits per heavy atom. The van der Waals surface area contributed by atoms with Crippen LogP contribution in [-0.4, -0.2) is 47.1 Å². The maximum atomic E-state index is 6.01. The highest BCUT2D eigenvalue weighted by Crippen LogP contribution is 2.20. The van der Waals surface area contributed by atoms with Gasteiger partial charge in [0.25, 0.3) is 0 Å². The molecule has 2 rings (SSSR count). The van der Waals surface area contributed by atoms with Crippen LogP contribution in [-0.2, 0) is 0 Å². The third-order valence-corrected chi connectivity index (χ3v) is 5.28. The molecule has 1 N–H and O–H groups in total. The smallest absolute Gasteiger partial charge is 0.173 e. The number of nitrogens with zero attached hydrogens (tertiary/aromatic N) is 2. The minimum atomic E-state index is 0.646. The van der Waals surface area contributed by atoms with Gasteiger partial charge in [0.1, 0.15) is 0 Å². The third-order valence-electron chi connectivity index (χ3n) is 4.69. The molecule has 1 atom stereocenters. The fourth-order valence-electron chi connectivity index (χ4n) is 2.89. The Morgan fingerprint density at radius 1 is 1.45 bits per heavy atom. The van der Waals surface area contributed by atoms with E-state index in [4.69, 9.17) is 23.8 Å². The number of likely N-dealkylation sites (tertiary alicyclic amines) is 1. The highest BCUT2D eigenvalue weighted by molar-refractivity contribution is 7.80. The van der Waals surface area contributed by atoms with Gasteiger partial charge >= 0.3 is 0 Å². The molecule has 0 aliphatic carbocycles. The summed E-state index contributed by atoms with van der Waals surface area (Å²) in [6.07, 6.45) is 3.53. The Balaban J connectivity index is 1.85. The summed E-state index contributed by atoms with van der Waals surface area (Å²) in [6, 6.07) is 9.00. The van der Waals surface area contributed by atoms with Crippen LogP contribution in [0.4, 0.5) is 5.69 Å². The molecule has 122 valence electrons. The van der Waals surface area contributed by atoms with Crippen LogP contribution in [0.3, 0.4) is 0 Å². The summed E-state index contributed by atoms with van der Waals surface area (Å²) in [4.78, 5) is 4.78. The lowest BCUT2D eigenvalue weighted by atomic mass is 10.0. The molecular weight excluding hydrogens is 314 g/mol. The molecule has 0 radical (unpaired) electrons. The molecule has 0 unspecified atom stereocenters. The Labute approximate surface area is 144 Å². The topological polar surface area (TPSA) is 18.5 Å². The van der Waals surface area contributed by atoms with Crippen LogP contribution in [0, 0.1) is 0 Å². The van der Waals surface area contributed by atoms with Crippen molar-refractivity contribution >= 4 is 34.6 Å². The molecule has 0 spiro atoms. The third kappa shape index (κ3) is 4.58. The molecule has 0 amide bonds. The summed E-state index contributed by atoms with van der Waals surface area (Å²) >= 11 is 11.5. The van der Waals surface area contributed by atoms with Gasteiger partial charge in [-0.3, -0.25) is 0 Å². The molecule has 0 saturated carbocycles. The van der Waals surface area contributed by atoms with Crippen LogP contribution >= 0.6 is 23.8 Å². The molecule has 1 aliphatic rings. The van der Waals surface area contributed by atoms with Crippen molar-refractivity contribution < 1.29 is 0 Å². The first-order valence-corrected chi connectivity index (χ1v) is 8.83. The Hall–Kier alpha value is -0.840. The Morgan fingerprint density at radius 2 is 2.14 bits per heavy atom. The van der Waals surface area contributed by atoms with Crippen molar-refractivity contribution in [2.75, 3.05) is 25.5 Å². The van der Waals surface area contributed by atoms with Gasteiger partial charge in [0.2, 0.25) is 0 Å². The van der Waals surface area contributed by atoms with E-state index < -0.39 is 0 Å². The van der Waals surface area contributed by atoms with E-state index in [-0.39, 0.29) is 0 Å². The average molecular weight is 340 g/mol. The Bertz CT molecular complexity index is 500. The van der Waals surface area contributed by atoms with E-state index in [2.05, 4.69) is 36.0 Å². The molecule has 1 aliphatic heterocycles. The number of rotatable bonds is 4. The summed E-state index contributed by atoms with van der Waals surface area (Å²) in [6.45, 7) is 6.58. The van der Waals surface area contributed by atoms with Crippen LogP contribution in [0.15, 0.2) is 24.3 Å². The number of hydrogen-bond acceptors (Lipinski definition) is 2. The fourth-order valence-corrected chi connectivity index (χ4v) is 3.38. The largest absolute Gasteiger partial charge is 0.349 e. The number of anilines is 1. The number of piperidine rings is 1. The van der Waals surface area contributed by atoms with Crippen LogP contribution in [0.5, 0.6) is 0 Å². The van der Waals surface area contributed by atoms with E-state index >= 15 is 0 Å². The van der Waals surface area contributed by atoms with Gasteiger partial charge in [0.15, 0.2) is 5.11 Å². The van der Waals surface area contributed by atoms with Gasteiger partial charge < -0.3 is 15.1 Å². The van der Waals surface area contributed by atoms with Crippen molar-refractivity contribution in [3.8, 4) is 0 Å². The molecule has 1 heterocycles. The van der Waals surface area contributed by atoms with Crippen LogP contribution in [0.25, 0.3) is 0 Å². The maximum Gasteiger partial charge on any atom is 0.173 e. The van der Waals surface area contributed by atoms with Crippen molar-refractivity contribution in [2.45, 2.75) is 45.2 Å². The highest BCUT2D eigenvalue weighted by atomic mass is 35.5. The van der Waals surface area contributed by atoms with Gasteiger partial charge in [0.05, 0.1) is 0 Å². The van der Waals surface area contributed by atoms with Crippen molar-refractivity contribution in [3.05, 3.63) is 29.3 Å². The second-order valence-corrected chi connectivity index (χ2v) is 6.90. The van der Waals surface area contributed by atoms with Crippen LogP contribution < -0.4 is 5.32 Å². The van der Waals surface area contributed by atoms with E-state index in [1.54, 1.807) is 0 Å². The first kappa shape index (κ1) is 17.5. The van der Waals surface area contributed by atoms with E-state index in [9.17, 15) is 0 Å². The number of hydrogen-bond donors (Lipinski definition) is 1. The zero-order chi connectivity index (χ0) is 16.1. The summed E-state index contributed by atoms with van der Waals surface area (Å²) in [5.41, 5.74) is 0.955. The van der Waals surface area contributed by atoms with Crippen LogP contribution in [0.1, 0.15) is 33.1 Å². The molecule has 3 nitrogen and oxygen atoms in total. The lowest BCUT2D eigenvalue weighted by Crippen LogP contribution is -2.48. The standard InChI is InChI=1S/C17H26ClN3S/c1-4-13(2)20(3)16-8-10-21(11-9-16)17(22)19-15-7-5-6-14(18)12-15/h5-7,12-13,16H,4,8-11H2,1-3H3,(H,19,22)/t13-/m1/s1. The molecule has 22 heavy (non-hydrogen) atoms. The van der Waals surface area contributed by atoms with Crippen molar-refractivity contribution in [1.29, 1.82) is 0 Å². The van der Waals surface area contributed by atoms with E-state index in [1.807, 2.05) is 24.3 Å². The minimum absolute atomic E-state index is 0.646. The van der Waals surface area contributed by atoms with E-state index in [1.165, 1.54) is 6.42 Å². The van der Waals surface area contributed by atoms with Gasteiger partial charge in [0, 0.05) is 35.9 Å². The van der Waals surface area contributed by atoms with Gasteiger partial charge in [-0.15, -0.1) is 0 Å². The van der Waals surface area contributed by atoms with Crippen molar-refractivity contribution in [2.24, 2.45) is 0 Å². The van der Waals surface area contributed by atoms with Crippen LogP contribution in [0.2, 0.25) is 5.02 Å². The first-order chi connectivity index (χ1) is 10.5. The molecule has 1 aromatic rings. The Kier molecular flexibility index (Phi) is 6.48. The molecular formula is C17H26ClN3S. The van der Waals surface area contributed by atoms with Crippen molar-refractivity contribution in [1.82, 2.24) is 9.80 Å². The molecule has 1 fully saturated rings. The highest BCUT2D eigenvalue weighted by Gasteiger charge is 2.25. The number of benzene rings is 1. The van der Waals surface area contributed by atoms with E-state index in [0.717, 1.165) is 41.8 Å². The van der Waals surface area contributed by atoms with Crippen molar-refractivity contribution in [3.63, 3.8) is 0 Å².